The van der Waals surface area contributed by atoms with Crippen molar-refractivity contribution in [2.45, 2.75) is 17.9 Å². The third kappa shape index (κ3) is 4.17. The molecule has 102 valence electrons. The molecule has 0 heterocycles. The molecular formula is C10H11Cl3O4S. The topological polar surface area (TPSA) is 52.6 Å². The molecule has 0 aliphatic carbocycles. The van der Waals surface area contributed by atoms with Crippen LogP contribution < -0.4 is 4.74 Å². The van der Waals surface area contributed by atoms with Gasteiger partial charge < -0.3 is 9.47 Å². The van der Waals surface area contributed by atoms with E-state index in [-0.39, 0.29) is 33.4 Å². The van der Waals surface area contributed by atoms with Crippen molar-refractivity contribution in [3.05, 3.63) is 22.2 Å². The largest absolute Gasteiger partial charge is 0.488 e. The highest BCUT2D eigenvalue weighted by Crippen LogP contribution is 2.36. The second kappa shape index (κ2) is 6.30. The molecule has 0 aliphatic rings. The standard InChI is InChI=1S/C10H11Cl3O4S/c1-6(16-2)5-17-10-8(11)3-7(4-9(10)12)18(13,14)15/h3-4,6H,5H2,1-2H3. The van der Waals surface area contributed by atoms with Crippen molar-refractivity contribution in [1.82, 2.24) is 0 Å². The van der Waals surface area contributed by atoms with E-state index in [2.05, 4.69) is 0 Å². The Bertz CT molecular complexity index is 507. The number of hydrogen-bond donors (Lipinski definition) is 0. The highest BCUT2D eigenvalue weighted by Gasteiger charge is 2.17. The van der Waals surface area contributed by atoms with Crippen LogP contribution in [0.3, 0.4) is 0 Å². The van der Waals surface area contributed by atoms with Gasteiger partial charge in [0.15, 0.2) is 5.75 Å². The molecule has 0 bridgehead atoms. The normalized spacial score (nSPS) is 13.4. The van der Waals surface area contributed by atoms with Crippen LogP contribution >= 0.6 is 33.9 Å². The minimum Gasteiger partial charge on any atom is -0.488 e. The second-order valence-electron chi connectivity index (χ2n) is 3.51. The molecule has 18 heavy (non-hydrogen) atoms. The van der Waals surface area contributed by atoms with Crippen molar-refractivity contribution < 1.29 is 17.9 Å². The van der Waals surface area contributed by atoms with Gasteiger partial charge in [-0.2, -0.15) is 0 Å². The number of rotatable bonds is 5. The molecule has 0 aliphatic heterocycles. The van der Waals surface area contributed by atoms with Crippen LogP contribution in [-0.4, -0.2) is 28.2 Å². The summed E-state index contributed by atoms with van der Waals surface area (Å²) in [4.78, 5) is -0.175. The molecule has 0 saturated carbocycles. The Hall–Kier alpha value is -0.200. The van der Waals surface area contributed by atoms with Crippen LogP contribution in [-0.2, 0) is 13.8 Å². The Labute approximate surface area is 120 Å². The summed E-state index contributed by atoms with van der Waals surface area (Å²) < 4.78 is 32.7. The first-order valence-corrected chi connectivity index (χ1v) is 7.91. The van der Waals surface area contributed by atoms with Gasteiger partial charge in [-0.25, -0.2) is 8.42 Å². The van der Waals surface area contributed by atoms with Gasteiger partial charge in [-0.3, -0.25) is 0 Å². The first-order chi connectivity index (χ1) is 8.25. The predicted octanol–water partition coefficient (Wildman–Crippen LogP) is 3.33. The monoisotopic (exact) mass is 332 g/mol. The zero-order valence-electron chi connectivity index (χ0n) is 9.61. The number of hydrogen-bond acceptors (Lipinski definition) is 4. The maximum absolute atomic E-state index is 11.1. The average molecular weight is 334 g/mol. The fourth-order valence-electron chi connectivity index (χ4n) is 1.08. The van der Waals surface area contributed by atoms with E-state index in [1.165, 1.54) is 12.1 Å². The second-order valence-corrected chi connectivity index (χ2v) is 6.89. The van der Waals surface area contributed by atoms with Crippen LogP contribution in [0.15, 0.2) is 17.0 Å². The third-order valence-electron chi connectivity index (χ3n) is 2.12. The highest BCUT2D eigenvalue weighted by atomic mass is 35.7. The fourth-order valence-corrected chi connectivity index (χ4v) is 2.59. The lowest BCUT2D eigenvalue weighted by molar-refractivity contribution is 0.0717. The van der Waals surface area contributed by atoms with Crippen LogP contribution in [0.2, 0.25) is 10.0 Å². The Morgan fingerprint density at radius 1 is 1.28 bits per heavy atom. The minimum atomic E-state index is -3.88. The summed E-state index contributed by atoms with van der Waals surface area (Å²) in [5.41, 5.74) is 0. The van der Waals surface area contributed by atoms with Gasteiger partial charge in [-0.1, -0.05) is 23.2 Å². The van der Waals surface area contributed by atoms with Crippen molar-refractivity contribution in [3.63, 3.8) is 0 Å². The van der Waals surface area contributed by atoms with Gasteiger partial charge in [-0.15, -0.1) is 0 Å². The summed E-state index contributed by atoms with van der Waals surface area (Å²) in [6.07, 6.45) is -0.145. The lowest BCUT2D eigenvalue weighted by Gasteiger charge is -2.14. The third-order valence-corrected chi connectivity index (χ3v) is 4.01. The molecule has 0 amide bonds. The number of halogens is 3. The summed E-state index contributed by atoms with van der Waals surface area (Å²) in [7, 11) is 2.86. The molecule has 8 heteroatoms. The van der Waals surface area contributed by atoms with Crippen molar-refractivity contribution in [2.24, 2.45) is 0 Å². The van der Waals surface area contributed by atoms with Crippen LogP contribution in [0.25, 0.3) is 0 Å². The van der Waals surface area contributed by atoms with Gasteiger partial charge in [0.25, 0.3) is 9.05 Å². The van der Waals surface area contributed by atoms with Gasteiger partial charge in [0.2, 0.25) is 0 Å². The maximum atomic E-state index is 11.1. The maximum Gasteiger partial charge on any atom is 0.261 e. The zero-order valence-corrected chi connectivity index (χ0v) is 12.7. The molecule has 0 aromatic heterocycles. The van der Waals surface area contributed by atoms with Gasteiger partial charge in [0, 0.05) is 17.8 Å². The predicted molar refractivity (Wildman–Crippen MR) is 71.5 cm³/mol. The van der Waals surface area contributed by atoms with E-state index in [4.69, 9.17) is 43.4 Å². The molecule has 0 spiro atoms. The molecule has 1 unspecified atom stereocenters. The quantitative estimate of drug-likeness (QED) is 0.776. The van der Waals surface area contributed by atoms with Crippen molar-refractivity contribution >= 4 is 42.9 Å². The Balaban J connectivity index is 3.02. The van der Waals surface area contributed by atoms with E-state index in [1.807, 2.05) is 0 Å². The Morgan fingerprint density at radius 3 is 2.17 bits per heavy atom. The minimum absolute atomic E-state index is 0.0741. The van der Waals surface area contributed by atoms with E-state index in [0.717, 1.165) is 0 Å². The summed E-state index contributed by atoms with van der Waals surface area (Å²) in [5, 5.41) is 0.148. The van der Waals surface area contributed by atoms with Crippen molar-refractivity contribution in [1.29, 1.82) is 0 Å². The fraction of sp³-hybridized carbons (Fsp3) is 0.400. The molecule has 1 rings (SSSR count). The zero-order chi connectivity index (χ0) is 13.9. The van der Waals surface area contributed by atoms with E-state index in [0.29, 0.717) is 0 Å². The summed E-state index contributed by atoms with van der Waals surface area (Å²) >= 11 is 11.8. The van der Waals surface area contributed by atoms with E-state index >= 15 is 0 Å². The highest BCUT2D eigenvalue weighted by molar-refractivity contribution is 8.13. The Kier molecular flexibility index (Phi) is 5.55. The molecule has 1 atom stereocenters. The van der Waals surface area contributed by atoms with Crippen molar-refractivity contribution in [2.75, 3.05) is 13.7 Å². The number of ether oxygens (including phenoxy) is 2. The lowest BCUT2D eigenvalue weighted by atomic mass is 10.3. The van der Waals surface area contributed by atoms with Crippen molar-refractivity contribution in [3.8, 4) is 5.75 Å². The van der Waals surface area contributed by atoms with Gasteiger partial charge >= 0.3 is 0 Å². The smallest absolute Gasteiger partial charge is 0.261 e. The lowest BCUT2D eigenvalue weighted by Crippen LogP contribution is -2.16. The first kappa shape index (κ1) is 15.9. The molecule has 0 radical (unpaired) electrons. The SMILES string of the molecule is COC(C)COc1c(Cl)cc(S(=O)(=O)Cl)cc1Cl. The molecule has 0 N–H and O–H groups in total. The van der Waals surface area contributed by atoms with Crippen LogP contribution in [0.4, 0.5) is 0 Å². The number of methoxy groups -OCH3 is 1. The van der Waals surface area contributed by atoms with Gasteiger partial charge in [-0.05, 0) is 19.1 Å². The molecule has 0 saturated heterocycles. The average Bonchev–Trinajstić information content (AvgIpc) is 2.26. The first-order valence-electron chi connectivity index (χ1n) is 4.85. The van der Waals surface area contributed by atoms with E-state index in [9.17, 15) is 8.42 Å². The summed E-state index contributed by atoms with van der Waals surface area (Å²) in [5.74, 6) is 0.200. The molecular weight excluding hydrogens is 323 g/mol. The van der Waals surface area contributed by atoms with Crippen LogP contribution in [0.1, 0.15) is 6.92 Å². The summed E-state index contributed by atoms with van der Waals surface area (Å²) in [6, 6.07) is 2.37. The Morgan fingerprint density at radius 2 is 1.78 bits per heavy atom. The molecule has 4 nitrogen and oxygen atoms in total. The van der Waals surface area contributed by atoms with E-state index in [1.54, 1.807) is 14.0 Å². The molecule has 1 aromatic rings. The van der Waals surface area contributed by atoms with Crippen LogP contribution in [0, 0.1) is 0 Å². The molecule has 0 fully saturated rings. The van der Waals surface area contributed by atoms with E-state index < -0.39 is 9.05 Å². The van der Waals surface area contributed by atoms with Crippen LogP contribution in [0.5, 0.6) is 5.75 Å². The summed E-state index contributed by atoms with van der Waals surface area (Å²) in [6.45, 7) is 2.04. The number of benzene rings is 1. The molecule has 1 aromatic carbocycles. The van der Waals surface area contributed by atoms with Gasteiger partial charge in [0.1, 0.15) is 6.61 Å². The van der Waals surface area contributed by atoms with Gasteiger partial charge in [0.05, 0.1) is 21.0 Å².